The van der Waals surface area contributed by atoms with Crippen LogP contribution in [0.15, 0.2) is 39.3 Å². The Morgan fingerprint density at radius 3 is 2.95 bits per heavy atom. The maximum absolute atomic E-state index is 5.64. The first-order valence-electron chi connectivity index (χ1n) is 5.70. The molecule has 19 heavy (non-hydrogen) atoms. The van der Waals surface area contributed by atoms with Gasteiger partial charge in [-0.05, 0) is 40.6 Å². The minimum Gasteiger partial charge on any atom is -0.488 e. The van der Waals surface area contributed by atoms with Gasteiger partial charge >= 0.3 is 0 Å². The third-order valence-corrected chi connectivity index (χ3v) is 3.14. The summed E-state index contributed by atoms with van der Waals surface area (Å²) in [6.07, 6.45) is 0. The number of nitrogens with two attached hydrogens (primary N) is 1. The third-order valence-electron chi connectivity index (χ3n) is 2.32. The first-order valence-corrected chi connectivity index (χ1v) is 6.50. The van der Waals surface area contributed by atoms with Crippen LogP contribution in [0.5, 0.6) is 5.75 Å². The molecule has 1 heterocycles. The lowest BCUT2D eigenvalue weighted by Gasteiger charge is -2.09. The second-order valence-electron chi connectivity index (χ2n) is 4.08. The predicted molar refractivity (Wildman–Crippen MR) is 75.6 cm³/mol. The highest BCUT2D eigenvalue weighted by Crippen LogP contribution is 2.34. The highest BCUT2D eigenvalue weighted by atomic mass is 79.9. The molecule has 0 unspecified atom stereocenters. The highest BCUT2D eigenvalue weighted by Gasteiger charge is 2.14. The van der Waals surface area contributed by atoms with E-state index in [9.17, 15) is 0 Å². The van der Waals surface area contributed by atoms with Gasteiger partial charge in [0.05, 0.1) is 11.0 Å². The summed E-state index contributed by atoms with van der Waals surface area (Å²) in [6, 6.07) is 5.61. The second kappa shape index (κ2) is 5.99. The molecule has 2 rings (SSSR count). The Morgan fingerprint density at radius 2 is 2.32 bits per heavy atom. The van der Waals surface area contributed by atoms with Crippen LogP contribution in [0.2, 0.25) is 0 Å². The Morgan fingerprint density at radius 1 is 1.53 bits per heavy atom. The molecule has 0 saturated heterocycles. The van der Waals surface area contributed by atoms with Crippen LogP contribution in [-0.4, -0.2) is 16.7 Å². The smallest absolute Gasteiger partial charge is 0.240 e. The van der Waals surface area contributed by atoms with Gasteiger partial charge < -0.3 is 15.0 Å². The Hall–Kier alpha value is -1.66. The largest absolute Gasteiger partial charge is 0.488 e. The van der Waals surface area contributed by atoms with Crippen LogP contribution in [0.1, 0.15) is 12.8 Å². The van der Waals surface area contributed by atoms with E-state index in [-0.39, 0.29) is 6.54 Å². The summed E-state index contributed by atoms with van der Waals surface area (Å²) in [5.74, 6) is 1.59. The van der Waals surface area contributed by atoms with Crippen LogP contribution in [-0.2, 0) is 6.54 Å². The topological polar surface area (TPSA) is 74.2 Å². The first kappa shape index (κ1) is 13.8. The van der Waals surface area contributed by atoms with Crippen LogP contribution in [0.25, 0.3) is 11.4 Å². The average Bonchev–Trinajstić information content (AvgIpc) is 2.86. The molecule has 0 atom stereocenters. The van der Waals surface area contributed by atoms with Gasteiger partial charge in [0, 0.05) is 5.56 Å². The van der Waals surface area contributed by atoms with Gasteiger partial charge in [-0.3, -0.25) is 0 Å². The van der Waals surface area contributed by atoms with E-state index >= 15 is 0 Å². The Labute approximate surface area is 119 Å². The van der Waals surface area contributed by atoms with E-state index in [1.807, 2.05) is 25.1 Å². The van der Waals surface area contributed by atoms with Gasteiger partial charge in [0.1, 0.15) is 12.4 Å². The molecule has 2 aromatic rings. The summed E-state index contributed by atoms with van der Waals surface area (Å²) in [5.41, 5.74) is 7.19. The number of ether oxygens (including phenoxy) is 1. The van der Waals surface area contributed by atoms with Crippen LogP contribution >= 0.6 is 15.9 Å². The van der Waals surface area contributed by atoms with Gasteiger partial charge in [-0.15, -0.1) is 0 Å². The normalized spacial score (nSPS) is 10.5. The van der Waals surface area contributed by atoms with Crippen LogP contribution in [0, 0.1) is 0 Å². The van der Waals surface area contributed by atoms with Crippen molar-refractivity contribution in [2.24, 2.45) is 5.73 Å². The first-order chi connectivity index (χ1) is 9.11. The molecule has 0 aliphatic heterocycles. The molecule has 0 spiro atoms. The van der Waals surface area contributed by atoms with Gasteiger partial charge in [0.2, 0.25) is 11.7 Å². The minimum absolute atomic E-state index is 0.219. The van der Waals surface area contributed by atoms with Gasteiger partial charge in [0.15, 0.2) is 0 Å². The maximum atomic E-state index is 5.64. The fourth-order valence-corrected chi connectivity index (χ4v) is 2.00. The molecule has 0 fully saturated rings. The number of rotatable bonds is 5. The van der Waals surface area contributed by atoms with E-state index in [0.717, 1.165) is 15.6 Å². The Bertz CT molecular complexity index is 595. The number of hydrogen-bond acceptors (Lipinski definition) is 5. The zero-order valence-corrected chi connectivity index (χ0v) is 12.1. The fourth-order valence-electron chi connectivity index (χ4n) is 1.44. The Kier molecular flexibility index (Phi) is 4.34. The van der Waals surface area contributed by atoms with E-state index in [4.69, 9.17) is 15.0 Å². The molecular formula is C13H14BrN3O2. The number of nitrogens with zero attached hydrogens (tertiary/aromatic N) is 2. The molecule has 5 nitrogen and oxygen atoms in total. The summed E-state index contributed by atoms with van der Waals surface area (Å²) in [6.45, 7) is 6.39. The van der Waals surface area contributed by atoms with E-state index < -0.39 is 0 Å². The molecule has 100 valence electrons. The number of benzene rings is 1. The molecule has 0 amide bonds. The van der Waals surface area contributed by atoms with Crippen molar-refractivity contribution in [2.75, 3.05) is 6.61 Å². The summed E-state index contributed by atoms with van der Waals surface area (Å²) >= 11 is 3.49. The monoisotopic (exact) mass is 323 g/mol. The molecule has 0 aliphatic carbocycles. The number of hydrogen-bond donors (Lipinski definition) is 1. The quantitative estimate of drug-likeness (QED) is 0.856. The van der Waals surface area contributed by atoms with Crippen molar-refractivity contribution < 1.29 is 9.26 Å². The van der Waals surface area contributed by atoms with Crippen molar-refractivity contribution in [2.45, 2.75) is 13.5 Å². The summed E-state index contributed by atoms with van der Waals surface area (Å²) in [7, 11) is 0. The van der Waals surface area contributed by atoms with Crippen molar-refractivity contribution in [3.05, 3.63) is 40.7 Å². The molecule has 6 heteroatoms. The zero-order valence-electron chi connectivity index (χ0n) is 10.5. The molecule has 0 radical (unpaired) electrons. The van der Waals surface area contributed by atoms with Crippen LogP contribution in [0.3, 0.4) is 0 Å². The summed E-state index contributed by atoms with van der Waals surface area (Å²) in [4.78, 5) is 4.19. The lowest BCUT2D eigenvalue weighted by molar-refractivity contribution is 0.350. The minimum atomic E-state index is 0.219. The highest BCUT2D eigenvalue weighted by molar-refractivity contribution is 9.10. The lowest BCUT2D eigenvalue weighted by atomic mass is 10.2. The van der Waals surface area contributed by atoms with Crippen molar-refractivity contribution in [1.82, 2.24) is 10.1 Å². The SMILES string of the molecule is C=C(C)COc1cccc(-c2noc(CN)n2)c1Br. The van der Waals surface area contributed by atoms with Gasteiger partial charge in [-0.25, -0.2) is 0 Å². The van der Waals surface area contributed by atoms with Gasteiger partial charge in [-0.2, -0.15) is 4.98 Å². The third kappa shape index (κ3) is 3.21. The van der Waals surface area contributed by atoms with E-state index in [1.165, 1.54) is 0 Å². The zero-order chi connectivity index (χ0) is 13.8. The molecule has 1 aromatic heterocycles. The second-order valence-corrected chi connectivity index (χ2v) is 4.87. The van der Waals surface area contributed by atoms with E-state index in [0.29, 0.717) is 24.1 Å². The molecular weight excluding hydrogens is 310 g/mol. The molecule has 0 bridgehead atoms. The van der Waals surface area contributed by atoms with Crippen molar-refractivity contribution in [3.63, 3.8) is 0 Å². The lowest BCUT2D eigenvalue weighted by Crippen LogP contribution is -1.99. The Balaban J connectivity index is 2.31. The van der Waals surface area contributed by atoms with Crippen LogP contribution in [0.4, 0.5) is 0 Å². The van der Waals surface area contributed by atoms with Crippen molar-refractivity contribution >= 4 is 15.9 Å². The molecule has 1 aromatic carbocycles. The number of aromatic nitrogens is 2. The molecule has 0 saturated carbocycles. The average molecular weight is 324 g/mol. The van der Waals surface area contributed by atoms with E-state index in [2.05, 4.69) is 32.6 Å². The summed E-state index contributed by atoms with van der Waals surface area (Å²) in [5, 5.41) is 3.89. The molecule has 2 N–H and O–H groups in total. The standard InChI is InChI=1S/C13H14BrN3O2/c1-8(2)7-18-10-5-3-4-9(12(10)14)13-16-11(6-15)19-17-13/h3-5H,1,6-7,15H2,2H3. The summed E-state index contributed by atoms with van der Waals surface area (Å²) < 4.78 is 11.4. The molecule has 0 aliphatic rings. The van der Waals surface area contributed by atoms with Crippen molar-refractivity contribution in [1.29, 1.82) is 0 Å². The van der Waals surface area contributed by atoms with Crippen LogP contribution < -0.4 is 10.5 Å². The van der Waals surface area contributed by atoms with E-state index in [1.54, 1.807) is 0 Å². The van der Waals surface area contributed by atoms with Gasteiger partial charge in [0.25, 0.3) is 0 Å². The van der Waals surface area contributed by atoms with Gasteiger partial charge in [-0.1, -0.05) is 17.8 Å². The number of halogens is 1. The van der Waals surface area contributed by atoms with Crippen molar-refractivity contribution in [3.8, 4) is 17.1 Å². The predicted octanol–water partition coefficient (Wildman–Crippen LogP) is 2.91. The fraction of sp³-hybridized carbons (Fsp3) is 0.231. The maximum Gasteiger partial charge on any atom is 0.240 e.